The van der Waals surface area contributed by atoms with Crippen LogP contribution in [0.15, 0.2) is 0 Å². The van der Waals surface area contributed by atoms with Gasteiger partial charge in [0.1, 0.15) is 6.04 Å². The lowest BCUT2D eigenvalue weighted by atomic mass is 9.99. The van der Waals surface area contributed by atoms with Crippen molar-refractivity contribution in [2.45, 2.75) is 45.2 Å². The van der Waals surface area contributed by atoms with Crippen molar-refractivity contribution < 1.29 is 14.7 Å². The van der Waals surface area contributed by atoms with Crippen molar-refractivity contribution in [1.29, 1.82) is 0 Å². The Morgan fingerprint density at radius 1 is 1.50 bits per heavy atom. The zero-order valence-electron chi connectivity index (χ0n) is 8.83. The van der Waals surface area contributed by atoms with Crippen LogP contribution >= 0.6 is 0 Å². The van der Waals surface area contributed by atoms with Crippen molar-refractivity contribution >= 4 is 11.9 Å². The molecule has 0 rings (SSSR count). The minimum absolute atomic E-state index is 0.348. The fourth-order valence-electron chi connectivity index (χ4n) is 0.822. The molecule has 0 fully saturated rings. The molecule has 2 atom stereocenters. The summed E-state index contributed by atoms with van der Waals surface area (Å²) in [4.78, 5) is 22.1. The highest BCUT2D eigenvalue weighted by Gasteiger charge is 2.29. The van der Waals surface area contributed by atoms with Crippen molar-refractivity contribution in [2.24, 2.45) is 5.73 Å². The van der Waals surface area contributed by atoms with Crippen LogP contribution in [0.2, 0.25) is 0 Å². The van der Waals surface area contributed by atoms with E-state index in [4.69, 9.17) is 10.8 Å². The van der Waals surface area contributed by atoms with E-state index in [0.717, 1.165) is 0 Å². The van der Waals surface area contributed by atoms with E-state index in [9.17, 15) is 9.59 Å². The zero-order chi connectivity index (χ0) is 11.4. The highest BCUT2D eigenvalue weighted by atomic mass is 16.4. The molecule has 0 aromatic rings. The molecule has 0 aliphatic heterocycles. The van der Waals surface area contributed by atoms with Gasteiger partial charge in [0, 0.05) is 0 Å². The van der Waals surface area contributed by atoms with Gasteiger partial charge in [-0.05, 0) is 19.8 Å². The summed E-state index contributed by atoms with van der Waals surface area (Å²) in [6.07, 6.45) is 0.815. The van der Waals surface area contributed by atoms with Crippen molar-refractivity contribution in [3.63, 3.8) is 0 Å². The quantitative estimate of drug-likeness (QED) is 0.589. The molecule has 0 radical (unpaired) electrons. The summed E-state index contributed by atoms with van der Waals surface area (Å²) in [7, 11) is 0. The Morgan fingerprint density at radius 3 is 2.29 bits per heavy atom. The lowest BCUT2D eigenvalue weighted by Crippen LogP contribution is -2.55. The monoisotopic (exact) mass is 202 g/mol. The second kappa shape index (κ2) is 4.95. The summed E-state index contributed by atoms with van der Waals surface area (Å²) in [6, 6.07) is -0.850. The largest absolute Gasteiger partial charge is 0.480 e. The number of carboxylic acid groups (broad SMARTS) is 1. The van der Waals surface area contributed by atoms with E-state index in [0.29, 0.717) is 12.8 Å². The Balaban J connectivity index is 4.37. The minimum Gasteiger partial charge on any atom is -0.480 e. The number of nitrogens with one attached hydrogen (secondary N) is 1. The van der Waals surface area contributed by atoms with E-state index >= 15 is 0 Å². The lowest BCUT2D eigenvalue weighted by molar-refractivity contribution is -0.142. The van der Waals surface area contributed by atoms with Gasteiger partial charge in [0.25, 0.3) is 0 Å². The summed E-state index contributed by atoms with van der Waals surface area (Å²) in [6.45, 7) is 5.05. The van der Waals surface area contributed by atoms with Gasteiger partial charge in [-0.2, -0.15) is 0 Å². The standard InChI is InChI=1S/C9H18N2O3/c1-4-6(7(12)13)11-8(14)9(3,10)5-2/h6H,4-5,10H2,1-3H3,(H,11,14)(H,12,13)/t6-,9?/m0/s1. The molecule has 5 nitrogen and oxygen atoms in total. The maximum Gasteiger partial charge on any atom is 0.326 e. The Kier molecular flexibility index (Phi) is 4.56. The first kappa shape index (κ1) is 12.9. The Labute approximate surface area is 83.7 Å². The van der Waals surface area contributed by atoms with Crippen LogP contribution in [0.25, 0.3) is 0 Å². The van der Waals surface area contributed by atoms with E-state index < -0.39 is 23.5 Å². The molecule has 1 amide bonds. The predicted molar refractivity (Wildman–Crippen MR) is 52.7 cm³/mol. The molecule has 0 heterocycles. The summed E-state index contributed by atoms with van der Waals surface area (Å²) >= 11 is 0. The van der Waals surface area contributed by atoms with Crippen LogP contribution in [0.1, 0.15) is 33.6 Å². The first-order valence-corrected chi connectivity index (χ1v) is 4.67. The van der Waals surface area contributed by atoms with Gasteiger partial charge in [0.2, 0.25) is 5.91 Å². The van der Waals surface area contributed by atoms with Gasteiger partial charge in [-0.3, -0.25) is 4.79 Å². The minimum atomic E-state index is -1.03. The Bertz CT molecular complexity index is 226. The molecule has 82 valence electrons. The Morgan fingerprint density at radius 2 is 2.00 bits per heavy atom. The summed E-state index contributed by atoms with van der Waals surface area (Å²) < 4.78 is 0. The summed E-state index contributed by atoms with van der Waals surface area (Å²) in [5.41, 5.74) is 4.66. The van der Waals surface area contributed by atoms with Gasteiger partial charge >= 0.3 is 5.97 Å². The molecule has 0 aromatic heterocycles. The van der Waals surface area contributed by atoms with E-state index in [-0.39, 0.29) is 0 Å². The number of carbonyl (C=O) groups excluding carboxylic acids is 1. The SMILES string of the molecule is CC[C@H](NC(=O)C(C)(N)CC)C(=O)O. The molecule has 0 aromatic carbocycles. The number of rotatable bonds is 5. The van der Waals surface area contributed by atoms with Gasteiger partial charge < -0.3 is 16.2 Å². The maximum atomic E-state index is 11.5. The summed E-state index contributed by atoms with van der Waals surface area (Å²) in [5, 5.41) is 11.1. The number of amides is 1. The van der Waals surface area contributed by atoms with E-state index in [2.05, 4.69) is 5.32 Å². The third-order valence-corrected chi connectivity index (χ3v) is 2.26. The van der Waals surface area contributed by atoms with Gasteiger partial charge in [0.05, 0.1) is 5.54 Å². The second-order valence-corrected chi connectivity index (χ2v) is 3.54. The van der Waals surface area contributed by atoms with E-state index in [1.54, 1.807) is 20.8 Å². The third-order valence-electron chi connectivity index (χ3n) is 2.26. The number of nitrogens with two attached hydrogens (primary N) is 1. The van der Waals surface area contributed by atoms with Gasteiger partial charge in [0.15, 0.2) is 0 Å². The number of carbonyl (C=O) groups is 2. The normalized spacial score (nSPS) is 16.9. The summed E-state index contributed by atoms with van der Waals surface area (Å²) in [5.74, 6) is -1.46. The fraction of sp³-hybridized carbons (Fsp3) is 0.778. The van der Waals surface area contributed by atoms with Crippen LogP contribution in [0.3, 0.4) is 0 Å². The van der Waals surface area contributed by atoms with E-state index in [1.165, 1.54) is 0 Å². The smallest absolute Gasteiger partial charge is 0.326 e. The Hall–Kier alpha value is -1.10. The van der Waals surface area contributed by atoms with Crippen LogP contribution < -0.4 is 11.1 Å². The van der Waals surface area contributed by atoms with E-state index in [1.807, 2.05) is 0 Å². The first-order chi connectivity index (χ1) is 6.35. The van der Waals surface area contributed by atoms with Crippen molar-refractivity contribution in [3.8, 4) is 0 Å². The molecule has 0 spiro atoms. The number of hydrogen-bond acceptors (Lipinski definition) is 3. The molecular weight excluding hydrogens is 184 g/mol. The molecular formula is C9H18N2O3. The number of hydrogen-bond donors (Lipinski definition) is 3. The van der Waals surface area contributed by atoms with Crippen LogP contribution in [0.5, 0.6) is 0 Å². The van der Waals surface area contributed by atoms with Crippen molar-refractivity contribution in [3.05, 3.63) is 0 Å². The van der Waals surface area contributed by atoms with Crippen molar-refractivity contribution in [2.75, 3.05) is 0 Å². The zero-order valence-corrected chi connectivity index (χ0v) is 8.83. The van der Waals surface area contributed by atoms with Gasteiger partial charge in [-0.25, -0.2) is 4.79 Å². The molecule has 0 saturated heterocycles. The molecule has 0 saturated carbocycles. The third kappa shape index (κ3) is 3.33. The van der Waals surface area contributed by atoms with Gasteiger partial charge in [-0.1, -0.05) is 13.8 Å². The number of aliphatic carboxylic acids is 1. The fourth-order valence-corrected chi connectivity index (χ4v) is 0.822. The second-order valence-electron chi connectivity index (χ2n) is 3.54. The molecule has 0 bridgehead atoms. The predicted octanol–water partition coefficient (Wildman–Crippen LogP) is 0.0932. The highest BCUT2D eigenvalue weighted by molar-refractivity contribution is 5.89. The molecule has 14 heavy (non-hydrogen) atoms. The topological polar surface area (TPSA) is 92.4 Å². The van der Waals surface area contributed by atoms with Gasteiger partial charge in [-0.15, -0.1) is 0 Å². The highest BCUT2D eigenvalue weighted by Crippen LogP contribution is 2.05. The van der Waals surface area contributed by atoms with Crippen LogP contribution in [0, 0.1) is 0 Å². The number of carboxylic acids is 1. The molecule has 0 aliphatic rings. The average molecular weight is 202 g/mol. The van der Waals surface area contributed by atoms with Crippen molar-refractivity contribution in [1.82, 2.24) is 5.32 Å². The van der Waals surface area contributed by atoms with Crippen LogP contribution in [-0.2, 0) is 9.59 Å². The maximum absolute atomic E-state index is 11.5. The molecule has 0 aliphatic carbocycles. The lowest BCUT2D eigenvalue weighted by Gasteiger charge is -2.23. The van der Waals surface area contributed by atoms with Crippen LogP contribution in [-0.4, -0.2) is 28.6 Å². The average Bonchev–Trinajstić information content (AvgIpc) is 2.12. The first-order valence-electron chi connectivity index (χ1n) is 4.67. The van der Waals surface area contributed by atoms with Crippen LogP contribution in [0.4, 0.5) is 0 Å². The molecule has 4 N–H and O–H groups in total. The molecule has 1 unspecified atom stereocenters. The molecule has 5 heteroatoms.